The zero-order valence-electron chi connectivity index (χ0n) is 17.3. The van der Waals surface area contributed by atoms with E-state index in [0.29, 0.717) is 24.3 Å². The van der Waals surface area contributed by atoms with Gasteiger partial charge >= 0.3 is 11.9 Å². The maximum Gasteiger partial charge on any atom is 0.337 e. The van der Waals surface area contributed by atoms with Gasteiger partial charge in [0, 0.05) is 6.08 Å². The lowest BCUT2D eigenvalue weighted by Gasteiger charge is -2.10. The highest BCUT2D eigenvalue weighted by Crippen LogP contribution is 2.18. The topological polar surface area (TPSA) is 90.9 Å². The van der Waals surface area contributed by atoms with Crippen molar-refractivity contribution in [3.05, 3.63) is 70.8 Å². The number of esters is 2. The molecular weight excluding hydrogens is 386 g/mol. The molecule has 7 heteroatoms. The van der Waals surface area contributed by atoms with Crippen LogP contribution in [-0.4, -0.2) is 44.7 Å². The third kappa shape index (κ3) is 7.43. The summed E-state index contributed by atoms with van der Waals surface area (Å²) < 4.78 is 15.1. The van der Waals surface area contributed by atoms with E-state index in [1.807, 2.05) is 32.0 Å². The zero-order valence-corrected chi connectivity index (χ0v) is 17.3. The molecule has 0 fully saturated rings. The second-order valence-electron chi connectivity index (χ2n) is 6.52. The van der Waals surface area contributed by atoms with Crippen molar-refractivity contribution in [1.82, 2.24) is 5.32 Å². The van der Waals surface area contributed by atoms with E-state index >= 15 is 0 Å². The van der Waals surface area contributed by atoms with Gasteiger partial charge in [0.2, 0.25) is 0 Å². The van der Waals surface area contributed by atoms with E-state index in [0.717, 1.165) is 16.9 Å². The molecule has 0 saturated heterocycles. The number of hydrogen-bond acceptors (Lipinski definition) is 6. The minimum atomic E-state index is -0.645. The maximum absolute atomic E-state index is 11.8. The molecule has 0 aromatic heterocycles. The molecule has 0 heterocycles. The number of carbonyl (C=O) groups is 3. The number of aryl methyl sites for hydroxylation is 2. The quantitative estimate of drug-likeness (QED) is 0.388. The minimum Gasteiger partial charge on any atom is -0.491 e. The van der Waals surface area contributed by atoms with Gasteiger partial charge < -0.3 is 19.5 Å². The zero-order chi connectivity index (χ0) is 21.9. The van der Waals surface area contributed by atoms with E-state index in [1.165, 1.54) is 19.3 Å². The van der Waals surface area contributed by atoms with Crippen LogP contribution in [0.5, 0.6) is 5.75 Å². The summed E-state index contributed by atoms with van der Waals surface area (Å²) in [6, 6.07) is 12.4. The lowest BCUT2D eigenvalue weighted by Crippen LogP contribution is -2.32. The van der Waals surface area contributed by atoms with Gasteiger partial charge in [0.05, 0.1) is 19.2 Å². The number of hydrogen-bond donors (Lipinski definition) is 1. The summed E-state index contributed by atoms with van der Waals surface area (Å²) in [6.07, 6.45) is 2.74. The van der Waals surface area contributed by atoms with Crippen molar-refractivity contribution in [2.45, 2.75) is 13.8 Å². The van der Waals surface area contributed by atoms with Crippen molar-refractivity contribution in [1.29, 1.82) is 0 Å². The van der Waals surface area contributed by atoms with Gasteiger partial charge in [-0.3, -0.25) is 4.79 Å². The first-order valence-electron chi connectivity index (χ1n) is 9.39. The molecule has 0 saturated carbocycles. The van der Waals surface area contributed by atoms with Crippen LogP contribution in [-0.2, 0) is 19.1 Å². The average molecular weight is 411 g/mol. The first-order chi connectivity index (χ1) is 14.4. The van der Waals surface area contributed by atoms with Crippen molar-refractivity contribution in [3.63, 3.8) is 0 Å². The number of ether oxygens (including phenoxy) is 3. The smallest absolute Gasteiger partial charge is 0.337 e. The summed E-state index contributed by atoms with van der Waals surface area (Å²) in [5, 5.41) is 2.63. The fourth-order valence-corrected chi connectivity index (χ4v) is 2.56. The molecule has 1 amide bonds. The SMILES string of the molecule is COC(=O)c1ccc(/C=C/C(=O)OCC(=O)NCCOc2ccc(C)cc2C)cc1. The summed E-state index contributed by atoms with van der Waals surface area (Å²) >= 11 is 0. The Morgan fingerprint density at radius 2 is 1.77 bits per heavy atom. The van der Waals surface area contributed by atoms with Crippen LogP contribution < -0.4 is 10.1 Å². The molecule has 2 aromatic carbocycles. The Balaban J connectivity index is 1.67. The molecule has 0 aliphatic rings. The van der Waals surface area contributed by atoms with E-state index in [-0.39, 0.29) is 6.61 Å². The van der Waals surface area contributed by atoms with Crippen LogP contribution in [0.4, 0.5) is 0 Å². The molecule has 2 aromatic rings. The Bertz CT molecular complexity index is 918. The third-order valence-electron chi connectivity index (χ3n) is 4.10. The molecule has 0 atom stereocenters. The van der Waals surface area contributed by atoms with Gasteiger partial charge in [-0.1, -0.05) is 29.8 Å². The van der Waals surface area contributed by atoms with Crippen molar-refractivity contribution >= 4 is 23.9 Å². The van der Waals surface area contributed by atoms with Crippen LogP contribution in [0, 0.1) is 13.8 Å². The number of methoxy groups -OCH3 is 1. The molecule has 1 N–H and O–H groups in total. The van der Waals surface area contributed by atoms with Crippen molar-refractivity contribution in [3.8, 4) is 5.75 Å². The summed E-state index contributed by atoms with van der Waals surface area (Å²) in [6.45, 7) is 4.20. The monoisotopic (exact) mass is 411 g/mol. The Hall–Kier alpha value is -3.61. The van der Waals surface area contributed by atoms with Crippen LogP contribution in [0.15, 0.2) is 48.5 Å². The summed E-state index contributed by atoms with van der Waals surface area (Å²) in [4.78, 5) is 34.9. The van der Waals surface area contributed by atoms with Gasteiger partial charge in [-0.05, 0) is 49.2 Å². The lowest BCUT2D eigenvalue weighted by atomic mass is 10.1. The summed E-state index contributed by atoms with van der Waals surface area (Å²) in [7, 11) is 1.31. The highest BCUT2D eigenvalue weighted by atomic mass is 16.5. The number of amides is 1. The molecule has 0 aliphatic carbocycles. The van der Waals surface area contributed by atoms with Gasteiger partial charge in [0.25, 0.3) is 5.91 Å². The molecule has 30 heavy (non-hydrogen) atoms. The van der Waals surface area contributed by atoms with Crippen LogP contribution in [0.1, 0.15) is 27.0 Å². The van der Waals surface area contributed by atoms with Gasteiger partial charge in [0.15, 0.2) is 6.61 Å². The van der Waals surface area contributed by atoms with Gasteiger partial charge in [0.1, 0.15) is 12.4 Å². The molecule has 7 nitrogen and oxygen atoms in total. The first-order valence-corrected chi connectivity index (χ1v) is 9.39. The lowest BCUT2D eigenvalue weighted by molar-refractivity contribution is -0.143. The molecule has 158 valence electrons. The van der Waals surface area contributed by atoms with Crippen LogP contribution in [0.25, 0.3) is 6.08 Å². The Morgan fingerprint density at radius 3 is 2.43 bits per heavy atom. The first kappa shape index (κ1) is 22.7. The third-order valence-corrected chi connectivity index (χ3v) is 4.10. The van der Waals surface area contributed by atoms with E-state index in [2.05, 4.69) is 10.1 Å². The highest BCUT2D eigenvalue weighted by molar-refractivity contribution is 5.91. The van der Waals surface area contributed by atoms with Crippen LogP contribution in [0.3, 0.4) is 0 Å². The minimum absolute atomic E-state index is 0.298. The van der Waals surface area contributed by atoms with Gasteiger partial charge in [-0.25, -0.2) is 9.59 Å². The number of carbonyl (C=O) groups excluding carboxylic acids is 3. The Labute approximate surface area is 175 Å². The fourth-order valence-electron chi connectivity index (χ4n) is 2.56. The fraction of sp³-hybridized carbons (Fsp3) is 0.261. The van der Waals surface area contributed by atoms with E-state index in [1.54, 1.807) is 24.3 Å². The van der Waals surface area contributed by atoms with Crippen molar-refractivity contribution in [2.24, 2.45) is 0 Å². The maximum atomic E-state index is 11.8. The van der Waals surface area contributed by atoms with E-state index in [4.69, 9.17) is 9.47 Å². The summed E-state index contributed by atoms with van der Waals surface area (Å²) in [5.41, 5.74) is 3.30. The van der Waals surface area contributed by atoms with Crippen molar-refractivity contribution < 1.29 is 28.6 Å². The van der Waals surface area contributed by atoms with Gasteiger partial charge in [-0.15, -0.1) is 0 Å². The number of benzene rings is 2. The molecule has 0 unspecified atom stereocenters. The second kappa shape index (κ2) is 11.4. The van der Waals surface area contributed by atoms with Crippen LogP contribution in [0.2, 0.25) is 0 Å². The predicted octanol–water partition coefficient (Wildman–Crippen LogP) is 2.84. The largest absolute Gasteiger partial charge is 0.491 e. The second-order valence-corrected chi connectivity index (χ2v) is 6.52. The van der Waals surface area contributed by atoms with E-state index < -0.39 is 17.8 Å². The molecule has 0 aliphatic heterocycles. The normalized spacial score (nSPS) is 10.5. The van der Waals surface area contributed by atoms with Crippen LogP contribution >= 0.6 is 0 Å². The highest BCUT2D eigenvalue weighted by Gasteiger charge is 2.06. The molecule has 0 radical (unpaired) electrons. The molecule has 0 bridgehead atoms. The van der Waals surface area contributed by atoms with Crippen molar-refractivity contribution in [2.75, 3.05) is 26.9 Å². The number of nitrogens with one attached hydrogen (secondary N) is 1. The molecular formula is C23H25NO6. The molecule has 2 rings (SSSR count). The predicted molar refractivity (Wildman–Crippen MR) is 112 cm³/mol. The average Bonchev–Trinajstić information content (AvgIpc) is 2.74. The Morgan fingerprint density at radius 1 is 1.03 bits per heavy atom. The molecule has 0 spiro atoms. The standard InChI is InChI=1S/C23H25NO6/c1-16-4-10-20(17(2)14-16)29-13-12-24-21(25)15-30-22(26)11-7-18-5-8-19(9-6-18)23(27)28-3/h4-11,14H,12-13,15H2,1-3H3,(H,24,25)/b11-7+. The number of rotatable bonds is 9. The summed E-state index contributed by atoms with van der Waals surface area (Å²) in [5.74, 6) is -0.724. The van der Waals surface area contributed by atoms with E-state index in [9.17, 15) is 14.4 Å². The Kier molecular flexibility index (Phi) is 8.62. The van der Waals surface area contributed by atoms with Gasteiger partial charge in [-0.2, -0.15) is 0 Å².